The third kappa shape index (κ3) is 5.12. The maximum atomic E-state index is 12.0. The van der Waals surface area contributed by atoms with Crippen molar-refractivity contribution >= 4 is 18.1 Å². The Morgan fingerprint density at radius 1 is 1.41 bits per heavy atom. The van der Waals surface area contributed by atoms with Crippen molar-refractivity contribution in [1.82, 2.24) is 4.98 Å². The molecule has 7 heteroatoms. The Kier molecular flexibility index (Phi) is 6.09. The van der Waals surface area contributed by atoms with Crippen molar-refractivity contribution in [3.63, 3.8) is 0 Å². The first-order valence-corrected chi connectivity index (χ1v) is 4.82. The first-order chi connectivity index (χ1) is 7.46. The fraction of sp³-hybridized carbons (Fsp3) is 0.500. The molecule has 0 spiro atoms. The first kappa shape index (κ1) is 15.8. The number of halogens is 4. The Balaban J connectivity index is 0.00000256. The average Bonchev–Trinajstić information content (AvgIpc) is 2.25. The molecular weight excluding hydrogens is 257 g/mol. The standard InChI is InChI=1S/C10H13F3N2O.ClH/c1-3-7-4-8(14-2)5-15-9(7)16-6-10(11,12)13;/h4-5,14H,3,6H2,1-2H3;1H. The van der Waals surface area contributed by atoms with Gasteiger partial charge in [0.05, 0.1) is 11.9 Å². The minimum absolute atomic E-state index is 0. The van der Waals surface area contributed by atoms with Crippen LogP contribution in [0.4, 0.5) is 18.9 Å². The van der Waals surface area contributed by atoms with Crippen molar-refractivity contribution in [2.75, 3.05) is 19.0 Å². The van der Waals surface area contributed by atoms with Gasteiger partial charge in [0.1, 0.15) is 0 Å². The number of nitrogens with one attached hydrogen (secondary N) is 1. The summed E-state index contributed by atoms with van der Waals surface area (Å²) >= 11 is 0. The van der Waals surface area contributed by atoms with Crippen LogP contribution in [0, 0.1) is 0 Å². The van der Waals surface area contributed by atoms with Crippen LogP contribution in [0.15, 0.2) is 12.3 Å². The summed E-state index contributed by atoms with van der Waals surface area (Å²) in [5.41, 5.74) is 1.40. The topological polar surface area (TPSA) is 34.2 Å². The quantitative estimate of drug-likeness (QED) is 0.913. The summed E-state index contributed by atoms with van der Waals surface area (Å²) < 4.78 is 40.5. The Hall–Kier alpha value is -1.17. The highest BCUT2D eigenvalue weighted by Crippen LogP contribution is 2.22. The Bertz CT molecular complexity index is 358. The van der Waals surface area contributed by atoms with E-state index >= 15 is 0 Å². The molecule has 0 aliphatic rings. The number of hydrogen-bond acceptors (Lipinski definition) is 3. The van der Waals surface area contributed by atoms with Crippen molar-refractivity contribution in [3.05, 3.63) is 17.8 Å². The van der Waals surface area contributed by atoms with Crippen LogP contribution < -0.4 is 10.1 Å². The molecule has 0 aliphatic carbocycles. The summed E-state index contributed by atoms with van der Waals surface area (Å²) in [4.78, 5) is 3.84. The van der Waals surface area contributed by atoms with Crippen molar-refractivity contribution in [2.45, 2.75) is 19.5 Å². The van der Waals surface area contributed by atoms with Crippen LogP contribution in [0.2, 0.25) is 0 Å². The van der Waals surface area contributed by atoms with Gasteiger partial charge in [-0.05, 0) is 12.5 Å². The van der Waals surface area contributed by atoms with Gasteiger partial charge in [0.15, 0.2) is 6.61 Å². The summed E-state index contributed by atoms with van der Waals surface area (Å²) in [7, 11) is 1.71. The molecule has 3 nitrogen and oxygen atoms in total. The van der Waals surface area contributed by atoms with Crippen molar-refractivity contribution in [2.24, 2.45) is 0 Å². The molecule has 0 atom stereocenters. The summed E-state index contributed by atoms with van der Waals surface area (Å²) in [6.45, 7) is 0.517. The van der Waals surface area contributed by atoms with Crippen LogP contribution in [-0.2, 0) is 6.42 Å². The van der Waals surface area contributed by atoms with Gasteiger partial charge in [-0.15, -0.1) is 12.4 Å². The monoisotopic (exact) mass is 270 g/mol. The summed E-state index contributed by atoms with van der Waals surface area (Å²) in [5.74, 6) is 0.0406. The van der Waals surface area contributed by atoms with Crippen LogP contribution in [-0.4, -0.2) is 24.8 Å². The lowest BCUT2D eigenvalue weighted by Gasteiger charge is -2.12. The molecule has 1 N–H and O–H groups in total. The molecule has 0 saturated heterocycles. The fourth-order valence-electron chi connectivity index (χ4n) is 1.17. The zero-order valence-corrected chi connectivity index (χ0v) is 10.3. The van der Waals surface area contributed by atoms with E-state index in [4.69, 9.17) is 0 Å². The van der Waals surface area contributed by atoms with Crippen molar-refractivity contribution in [3.8, 4) is 5.88 Å². The maximum absolute atomic E-state index is 12.0. The van der Waals surface area contributed by atoms with Crippen LogP contribution in [0.25, 0.3) is 0 Å². The first-order valence-electron chi connectivity index (χ1n) is 4.82. The van der Waals surface area contributed by atoms with Crippen LogP contribution in [0.3, 0.4) is 0 Å². The lowest BCUT2D eigenvalue weighted by atomic mass is 10.2. The van der Waals surface area contributed by atoms with E-state index in [1.165, 1.54) is 6.20 Å². The molecule has 1 rings (SSSR count). The van der Waals surface area contributed by atoms with Gasteiger partial charge < -0.3 is 10.1 Å². The molecule has 0 amide bonds. The molecule has 98 valence electrons. The molecule has 0 aromatic carbocycles. The zero-order valence-electron chi connectivity index (χ0n) is 9.47. The summed E-state index contributed by atoms with van der Waals surface area (Å²) in [5, 5.41) is 2.86. The van der Waals surface area contributed by atoms with E-state index in [1.807, 2.05) is 6.92 Å². The SMILES string of the molecule is CCc1cc(NC)cnc1OCC(F)(F)F.Cl. The molecule has 1 heterocycles. The maximum Gasteiger partial charge on any atom is 0.422 e. The number of nitrogens with zero attached hydrogens (tertiary/aromatic N) is 1. The molecule has 0 bridgehead atoms. The third-order valence-electron chi connectivity index (χ3n) is 1.97. The smallest absolute Gasteiger partial charge is 0.422 e. The van der Waals surface area contributed by atoms with E-state index in [-0.39, 0.29) is 18.3 Å². The number of aryl methyl sites for hydroxylation is 1. The summed E-state index contributed by atoms with van der Waals surface area (Å²) in [6.07, 6.45) is -2.34. The van der Waals surface area contributed by atoms with Gasteiger partial charge in [-0.25, -0.2) is 4.98 Å². The van der Waals surface area contributed by atoms with Crippen molar-refractivity contribution in [1.29, 1.82) is 0 Å². The molecule has 1 aromatic heterocycles. The fourth-order valence-corrected chi connectivity index (χ4v) is 1.17. The lowest BCUT2D eigenvalue weighted by molar-refractivity contribution is -0.154. The molecule has 0 radical (unpaired) electrons. The van der Waals surface area contributed by atoms with E-state index in [9.17, 15) is 13.2 Å². The molecule has 0 aliphatic heterocycles. The van der Waals surface area contributed by atoms with Gasteiger partial charge >= 0.3 is 6.18 Å². The molecular formula is C10H14ClF3N2O. The molecule has 17 heavy (non-hydrogen) atoms. The largest absolute Gasteiger partial charge is 0.468 e. The van der Waals surface area contributed by atoms with Gasteiger partial charge in [-0.1, -0.05) is 6.92 Å². The second-order valence-electron chi connectivity index (χ2n) is 3.20. The Labute approximate surface area is 104 Å². The number of rotatable bonds is 4. The highest BCUT2D eigenvalue weighted by atomic mass is 35.5. The molecule has 0 saturated carbocycles. The molecule has 1 aromatic rings. The molecule has 0 unspecified atom stereocenters. The number of aromatic nitrogens is 1. The highest BCUT2D eigenvalue weighted by Gasteiger charge is 2.29. The van der Waals surface area contributed by atoms with Gasteiger partial charge in [0, 0.05) is 12.6 Å². The predicted octanol–water partition coefficient (Wildman–Crippen LogP) is 3.05. The van der Waals surface area contributed by atoms with E-state index in [0.29, 0.717) is 12.0 Å². The second-order valence-corrected chi connectivity index (χ2v) is 3.20. The number of alkyl halides is 3. The number of ether oxygens (including phenoxy) is 1. The van der Waals surface area contributed by atoms with Crippen LogP contribution >= 0.6 is 12.4 Å². The second kappa shape index (κ2) is 6.54. The van der Waals surface area contributed by atoms with Crippen molar-refractivity contribution < 1.29 is 17.9 Å². The Morgan fingerprint density at radius 2 is 2.06 bits per heavy atom. The lowest BCUT2D eigenvalue weighted by Crippen LogP contribution is -2.20. The van der Waals surface area contributed by atoms with Crippen LogP contribution in [0.1, 0.15) is 12.5 Å². The normalized spacial score (nSPS) is 10.6. The van der Waals surface area contributed by atoms with Crippen LogP contribution in [0.5, 0.6) is 5.88 Å². The van der Waals surface area contributed by atoms with E-state index in [2.05, 4.69) is 15.0 Å². The molecule has 0 fully saturated rings. The minimum Gasteiger partial charge on any atom is -0.468 e. The number of anilines is 1. The van der Waals surface area contributed by atoms with E-state index in [0.717, 1.165) is 5.69 Å². The Morgan fingerprint density at radius 3 is 2.53 bits per heavy atom. The van der Waals surface area contributed by atoms with Gasteiger partial charge in [-0.3, -0.25) is 0 Å². The minimum atomic E-state index is -4.34. The van der Waals surface area contributed by atoms with Gasteiger partial charge in [0.2, 0.25) is 5.88 Å². The highest BCUT2D eigenvalue weighted by molar-refractivity contribution is 5.85. The number of hydrogen-bond donors (Lipinski definition) is 1. The zero-order chi connectivity index (χ0) is 12.2. The van der Waals surface area contributed by atoms with Gasteiger partial charge in [0.25, 0.3) is 0 Å². The average molecular weight is 271 g/mol. The van der Waals surface area contributed by atoms with E-state index < -0.39 is 12.8 Å². The predicted molar refractivity (Wildman–Crippen MR) is 62.0 cm³/mol. The number of pyridine rings is 1. The third-order valence-corrected chi connectivity index (χ3v) is 1.97. The van der Waals surface area contributed by atoms with E-state index in [1.54, 1.807) is 13.1 Å². The summed E-state index contributed by atoms with van der Waals surface area (Å²) in [6, 6.07) is 1.72. The van der Waals surface area contributed by atoms with Gasteiger partial charge in [-0.2, -0.15) is 13.2 Å².